The number of hydrogen-bond donors (Lipinski definition) is 0. The molecular formula is C11H5F15O4. The number of rotatable bonds is 9. The van der Waals surface area contributed by atoms with Crippen molar-refractivity contribution >= 4 is 5.97 Å². The third-order valence-corrected chi connectivity index (χ3v) is 2.52. The summed E-state index contributed by atoms with van der Waals surface area (Å²) in [7, 11) is 0. The molecule has 0 aromatic carbocycles. The van der Waals surface area contributed by atoms with E-state index in [0.29, 0.717) is 6.92 Å². The Bertz CT molecular complexity index is 666. The highest BCUT2D eigenvalue weighted by Gasteiger charge is 2.85. The number of ether oxygens (including phenoxy) is 3. The lowest BCUT2D eigenvalue weighted by Crippen LogP contribution is -2.64. The van der Waals surface area contributed by atoms with Crippen LogP contribution in [0.2, 0.25) is 0 Å². The SMILES string of the molecule is C=C(C)C(=O)OC(F)(F)OC(F)(F)C(F)(F)OC(F)(F)C(F)(F)C(F)(F)C(F)(F)F. The zero-order valence-electron chi connectivity index (χ0n) is 13.5. The molecule has 0 aliphatic heterocycles. The Morgan fingerprint density at radius 3 is 1.33 bits per heavy atom. The van der Waals surface area contributed by atoms with Crippen molar-refractivity contribution in [1.82, 2.24) is 0 Å². The molecule has 0 saturated carbocycles. The van der Waals surface area contributed by atoms with Crippen molar-refractivity contribution in [3.8, 4) is 0 Å². The minimum Gasteiger partial charge on any atom is -0.373 e. The lowest BCUT2D eigenvalue weighted by Gasteiger charge is -2.36. The lowest BCUT2D eigenvalue weighted by atomic mass is 10.1. The maximum atomic E-state index is 13.0. The number of halogens is 15. The molecule has 0 aromatic rings. The van der Waals surface area contributed by atoms with Gasteiger partial charge in [0.25, 0.3) is 0 Å². The van der Waals surface area contributed by atoms with Crippen molar-refractivity contribution in [1.29, 1.82) is 0 Å². The second-order valence-electron chi connectivity index (χ2n) is 5.03. The van der Waals surface area contributed by atoms with Gasteiger partial charge in [-0.05, 0) is 6.92 Å². The van der Waals surface area contributed by atoms with E-state index < -0.39 is 54.2 Å². The average Bonchev–Trinajstić information content (AvgIpc) is 2.42. The second-order valence-corrected chi connectivity index (χ2v) is 5.03. The van der Waals surface area contributed by atoms with Crippen molar-refractivity contribution in [3.05, 3.63) is 12.2 Å². The Hall–Kier alpha value is -1.92. The summed E-state index contributed by atoms with van der Waals surface area (Å²) < 4.78 is 196. The fraction of sp³-hybridized carbons (Fsp3) is 0.727. The molecule has 0 unspecified atom stereocenters. The highest BCUT2D eigenvalue weighted by Crippen LogP contribution is 2.55. The number of hydrogen-bond acceptors (Lipinski definition) is 4. The summed E-state index contributed by atoms with van der Waals surface area (Å²) >= 11 is 0. The van der Waals surface area contributed by atoms with Crippen molar-refractivity contribution in [3.63, 3.8) is 0 Å². The van der Waals surface area contributed by atoms with E-state index in [1.165, 1.54) is 4.74 Å². The van der Waals surface area contributed by atoms with Crippen LogP contribution in [0.1, 0.15) is 6.92 Å². The van der Waals surface area contributed by atoms with E-state index in [1.807, 2.05) is 4.74 Å². The molecule has 0 aliphatic rings. The predicted molar refractivity (Wildman–Crippen MR) is 58.8 cm³/mol. The van der Waals surface area contributed by atoms with E-state index in [4.69, 9.17) is 0 Å². The molecule has 0 aliphatic carbocycles. The minimum atomic E-state index is -7.95. The number of alkyl halides is 15. The van der Waals surface area contributed by atoms with Gasteiger partial charge in [-0.2, -0.15) is 57.1 Å². The quantitative estimate of drug-likeness (QED) is 0.192. The summed E-state index contributed by atoms with van der Waals surface area (Å²) in [5.41, 5.74) is -0.981. The van der Waals surface area contributed by atoms with Crippen molar-refractivity contribution in [2.45, 2.75) is 49.6 Å². The highest BCUT2D eigenvalue weighted by atomic mass is 19.4. The Labute approximate surface area is 154 Å². The zero-order chi connectivity index (χ0) is 24.8. The first kappa shape index (κ1) is 28.1. The fourth-order valence-corrected chi connectivity index (χ4v) is 1.07. The molecule has 0 saturated heterocycles. The third-order valence-electron chi connectivity index (χ3n) is 2.52. The van der Waals surface area contributed by atoms with Gasteiger partial charge in [-0.3, -0.25) is 0 Å². The summed E-state index contributed by atoms with van der Waals surface area (Å²) in [6, 6.07) is 0. The van der Waals surface area contributed by atoms with Gasteiger partial charge in [0.15, 0.2) is 0 Å². The van der Waals surface area contributed by atoms with E-state index in [9.17, 15) is 70.7 Å². The maximum Gasteiger partial charge on any atom is 0.542 e. The number of carbonyl (C=O) groups is 1. The summed E-state index contributed by atoms with van der Waals surface area (Å²) in [5.74, 6) is -18.1. The van der Waals surface area contributed by atoms with Crippen molar-refractivity contribution in [2.75, 3.05) is 0 Å². The Balaban J connectivity index is 5.86. The first-order valence-electron chi connectivity index (χ1n) is 6.37. The summed E-state index contributed by atoms with van der Waals surface area (Å²) in [6.07, 6.45) is -36.0. The van der Waals surface area contributed by atoms with Crippen molar-refractivity contribution < 1.29 is 84.9 Å². The van der Waals surface area contributed by atoms with Gasteiger partial charge in [0, 0.05) is 5.57 Å². The molecule has 0 spiro atoms. The highest BCUT2D eigenvalue weighted by molar-refractivity contribution is 5.87. The third kappa shape index (κ3) is 5.41. The molecule has 19 heteroatoms. The topological polar surface area (TPSA) is 44.8 Å². The standard InChI is InChI=1S/C11H5F15O4/c1-3(2)4(27)28-11(25,26)30-10(23,24)9(21,22)29-8(19,20)6(14,15)5(12,13)7(16,17)18/h1H2,2H3. The maximum absolute atomic E-state index is 13.0. The van der Waals surface area contributed by atoms with Gasteiger partial charge in [-0.25, -0.2) is 14.3 Å². The van der Waals surface area contributed by atoms with Gasteiger partial charge in [-0.1, -0.05) is 6.58 Å². The van der Waals surface area contributed by atoms with Gasteiger partial charge in [0.1, 0.15) is 0 Å². The van der Waals surface area contributed by atoms with Gasteiger partial charge < -0.3 is 4.74 Å². The van der Waals surface area contributed by atoms with Crippen LogP contribution in [0, 0.1) is 0 Å². The average molecular weight is 486 g/mol. The normalized spacial score (nSPS) is 15.2. The van der Waals surface area contributed by atoms with E-state index in [-0.39, 0.29) is 0 Å². The molecule has 0 atom stereocenters. The molecule has 0 rings (SSSR count). The molecule has 0 amide bonds. The van der Waals surface area contributed by atoms with Crippen molar-refractivity contribution in [2.24, 2.45) is 0 Å². The van der Waals surface area contributed by atoms with Crippen LogP contribution < -0.4 is 0 Å². The first-order chi connectivity index (χ1) is 12.7. The van der Waals surface area contributed by atoms with E-state index >= 15 is 0 Å². The van der Waals surface area contributed by atoms with Crippen LogP contribution in [-0.2, 0) is 19.0 Å². The van der Waals surface area contributed by atoms with Gasteiger partial charge in [0.2, 0.25) is 0 Å². The lowest BCUT2D eigenvalue weighted by molar-refractivity contribution is -0.558. The van der Waals surface area contributed by atoms with Gasteiger partial charge >= 0.3 is 48.6 Å². The summed E-state index contributed by atoms with van der Waals surface area (Å²) in [6.45, 7) is 3.24. The van der Waals surface area contributed by atoms with E-state index in [1.54, 1.807) is 0 Å². The van der Waals surface area contributed by atoms with Gasteiger partial charge in [0.05, 0.1) is 0 Å². The molecular weight excluding hydrogens is 481 g/mol. The molecule has 0 fully saturated rings. The summed E-state index contributed by atoms with van der Waals surface area (Å²) in [5, 5.41) is 0. The van der Waals surface area contributed by atoms with Crippen LogP contribution >= 0.6 is 0 Å². The first-order valence-corrected chi connectivity index (χ1v) is 6.37. The van der Waals surface area contributed by atoms with Crippen LogP contribution in [0.3, 0.4) is 0 Å². The molecule has 0 N–H and O–H groups in total. The molecule has 178 valence electrons. The molecule has 0 heterocycles. The van der Waals surface area contributed by atoms with Gasteiger partial charge in [-0.15, -0.1) is 8.78 Å². The predicted octanol–water partition coefficient (Wildman–Crippen LogP) is 5.30. The zero-order valence-corrected chi connectivity index (χ0v) is 13.5. The Morgan fingerprint density at radius 1 is 0.633 bits per heavy atom. The molecule has 30 heavy (non-hydrogen) atoms. The molecule has 0 aromatic heterocycles. The summed E-state index contributed by atoms with van der Waals surface area (Å²) in [4.78, 5) is 10.7. The molecule has 4 nitrogen and oxygen atoms in total. The number of carbonyl (C=O) groups excluding carboxylic acids is 1. The molecule has 0 radical (unpaired) electrons. The Morgan fingerprint density at radius 2 is 1.00 bits per heavy atom. The van der Waals surface area contributed by atoms with E-state index in [2.05, 4.69) is 11.3 Å². The number of esters is 1. The molecule has 0 bridgehead atoms. The monoisotopic (exact) mass is 486 g/mol. The van der Waals surface area contributed by atoms with Crippen LogP contribution in [-0.4, -0.2) is 48.6 Å². The minimum absolute atomic E-state index is 0.609. The smallest absolute Gasteiger partial charge is 0.373 e. The van der Waals surface area contributed by atoms with Crippen LogP contribution in [0.4, 0.5) is 65.9 Å². The van der Waals surface area contributed by atoms with E-state index in [0.717, 1.165) is 0 Å². The Kier molecular flexibility index (Phi) is 7.16. The van der Waals surface area contributed by atoms with Crippen LogP contribution in [0.15, 0.2) is 12.2 Å². The fourth-order valence-electron chi connectivity index (χ4n) is 1.07. The van der Waals surface area contributed by atoms with Crippen LogP contribution in [0.25, 0.3) is 0 Å². The van der Waals surface area contributed by atoms with Crippen LogP contribution in [0.5, 0.6) is 0 Å². The largest absolute Gasteiger partial charge is 0.542 e. The second kappa shape index (κ2) is 7.65.